The van der Waals surface area contributed by atoms with Crippen LogP contribution in [0.5, 0.6) is 0 Å². The maximum atomic E-state index is 12.8. The predicted molar refractivity (Wildman–Crippen MR) is 113 cm³/mol. The molecule has 6 nitrogen and oxygen atoms in total. The SMILES string of the molecule is Cc1nn(-c2ccccc2)c(C)c1NC(=O)CN1CCCc2c(N)cccc21. The van der Waals surface area contributed by atoms with Crippen LogP contribution in [0.1, 0.15) is 23.4 Å². The molecule has 0 unspecified atom stereocenters. The zero-order chi connectivity index (χ0) is 19.7. The van der Waals surface area contributed by atoms with E-state index in [0.717, 1.165) is 59.1 Å². The van der Waals surface area contributed by atoms with E-state index < -0.39 is 0 Å². The van der Waals surface area contributed by atoms with E-state index in [1.54, 1.807) is 0 Å². The van der Waals surface area contributed by atoms with Crippen molar-refractivity contribution in [2.45, 2.75) is 26.7 Å². The van der Waals surface area contributed by atoms with Crippen molar-refractivity contribution < 1.29 is 4.79 Å². The number of benzene rings is 2. The largest absolute Gasteiger partial charge is 0.398 e. The fourth-order valence-corrected chi connectivity index (χ4v) is 3.89. The molecule has 2 aromatic carbocycles. The number of amides is 1. The molecule has 4 rings (SSSR count). The van der Waals surface area contributed by atoms with Gasteiger partial charge in [0, 0.05) is 17.9 Å². The number of aryl methyl sites for hydroxylation is 1. The number of carbonyl (C=O) groups excluding carboxylic acids is 1. The summed E-state index contributed by atoms with van der Waals surface area (Å²) in [5.41, 5.74) is 12.6. The maximum Gasteiger partial charge on any atom is 0.243 e. The molecule has 1 aliphatic heterocycles. The van der Waals surface area contributed by atoms with Gasteiger partial charge in [-0.05, 0) is 56.5 Å². The van der Waals surface area contributed by atoms with E-state index in [1.165, 1.54) is 0 Å². The second-order valence-electron chi connectivity index (χ2n) is 7.21. The highest BCUT2D eigenvalue weighted by Crippen LogP contribution is 2.31. The third kappa shape index (κ3) is 3.33. The van der Waals surface area contributed by atoms with Crippen LogP contribution in [0.4, 0.5) is 17.1 Å². The number of aromatic nitrogens is 2. The Morgan fingerprint density at radius 1 is 1.14 bits per heavy atom. The van der Waals surface area contributed by atoms with Crippen molar-refractivity contribution in [2.24, 2.45) is 0 Å². The van der Waals surface area contributed by atoms with Crippen molar-refractivity contribution in [2.75, 3.05) is 29.0 Å². The number of hydrogen-bond acceptors (Lipinski definition) is 4. The average Bonchev–Trinajstić information content (AvgIpc) is 2.98. The summed E-state index contributed by atoms with van der Waals surface area (Å²) in [4.78, 5) is 14.9. The lowest BCUT2D eigenvalue weighted by molar-refractivity contribution is -0.115. The van der Waals surface area contributed by atoms with Crippen LogP contribution in [0.25, 0.3) is 5.69 Å². The molecule has 3 aromatic rings. The van der Waals surface area contributed by atoms with Gasteiger partial charge in [-0.2, -0.15) is 5.10 Å². The number of nitrogens with two attached hydrogens (primary N) is 1. The first kappa shape index (κ1) is 18.1. The minimum absolute atomic E-state index is 0.0471. The van der Waals surface area contributed by atoms with Gasteiger partial charge in [0.1, 0.15) is 0 Å². The number of nitrogens with one attached hydrogen (secondary N) is 1. The normalized spacial score (nSPS) is 13.3. The highest BCUT2D eigenvalue weighted by molar-refractivity contribution is 5.95. The summed E-state index contributed by atoms with van der Waals surface area (Å²) in [6, 6.07) is 15.8. The lowest BCUT2D eigenvalue weighted by Gasteiger charge is -2.31. The predicted octanol–water partition coefficient (Wildman–Crippen LogP) is 3.46. The summed E-state index contributed by atoms with van der Waals surface area (Å²) in [5, 5.41) is 7.67. The Morgan fingerprint density at radius 2 is 1.93 bits per heavy atom. The second kappa shape index (κ2) is 7.38. The molecule has 0 spiro atoms. The van der Waals surface area contributed by atoms with E-state index in [2.05, 4.69) is 15.3 Å². The van der Waals surface area contributed by atoms with E-state index in [-0.39, 0.29) is 5.91 Å². The lowest BCUT2D eigenvalue weighted by atomic mass is 10.00. The number of hydrogen-bond donors (Lipinski definition) is 2. The van der Waals surface area contributed by atoms with Crippen LogP contribution in [-0.2, 0) is 11.2 Å². The van der Waals surface area contributed by atoms with Crippen LogP contribution in [0.3, 0.4) is 0 Å². The number of nitrogens with zero attached hydrogens (tertiary/aromatic N) is 3. The van der Waals surface area contributed by atoms with Crippen molar-refractivity contribution in [3.05, 3.63) is 65.5 Å². The molecule has 0 fully saturated rings. The molecule has 1 aromatic heterocycles. The van der Waals surface area contributed by atoms with Gasteiger partial charge in [-0.25, -0.2) is 4.68 Å². The first-order valence-electron chi connectivity index (χ1n) is 9.58. The molecular formula is C22H25N5O. The van der Waals surface area contributed by atoms with Gasteiger partial charge < -0.3 is 16.0 Å². The number of fused-ring (bicyclic) bond motifs is 1. The number of rotatable bonds is 4. The van der Waals surface area contributed by atoms with Crippen LogP contribution >= 0.6 is 0 Å². The molecule has 0 bridgehead atoms. The highest BCUT2D eigenvalue weighted by atomic mass is 16.2. The molecule has 1 aliphatic rings. The molecule has 3 N–H and O–H groups in total. The molecule has 6 heteroatoms. The van der Waals surface area contributed by atoms with Gasteiger partial charge in [0.15, 0.2) is 0 Å². The highest BCUT2D eigenvalue weighted by Gasteiger charge is 2.22. The molecular weight excluding hydrogens is 350 g/mol. The van der Waals surface area contributed by atoms with Gasteiger partial charge >= 0.3 is 0 Å². The smallest absolute Gasteiger partial charge is 0.243 e. The lowest BCUT2D eigenvalue weighted by Crippen LogP contribution is -2.37. The van der Waals surface area contributed by atoms with Crippen LogP contribution in [0.2, 0.25) is 0 Å². The fourth-order valence-electron chi connectivity index (χ4n) is 3.89. The summed E-state index contributed by atoms with van der Waals surface area (Å²) in [7, 11) is 0. The van der Waals surface area contributed by atoms with Crippen molar-refractivity contribution in [1.29, 1.82) is 0 Å². The van der Waals surface area contributed by atoms with E-state index in [1.807, 2.05) is 67.1 Å². The van der Waals surface area contributed by atoms with Crippen LogP contribution in [0, 0.1) is 13.8 Å². The minimum Gasteiger partial charge on any atom is -0.398 e. The topological polar surface area (TPSA) is 76.2 Å². The minimum atomic E-state index is -0.0471. The maximum absolute atomic E-state index is 12.8. The standard InChI is InChI=1S/C22H25N5O/c1-15-22(16(2)27(25-15)17-8-4-3-5-9-17)24-21(28)14-26-13-7-10-18-19(23)11-6-12-20(18)26/h3-6,8-9,11-12H,7,10,13-14,23H2,1-2H3,(H,24,28). The Kier molecular flexibility index (Phi) is 4.77. The zero-order valence-corrected chi connectivity index (χ0v) is 16.3. The quantitative estimate of drug-likeness (QED) is 0.685. The fraction of sp³-hybridized carbons (Fsp3) is 0.273. The summed E-state index contributed by atoms with van der Waals surface area (Å²) in [6.07, 6.45) is 1.96. The molecule has 0 atom stereocenters. The van der Waals surface area contributed by atoms with Crippen LogP contribution in [0.15, 0.2) is 48.5 Å². The Morgan fingerprint density at radius 3 is 2.71 bits per heavy atom. The first-order chi connectivity index (χ1) is 13.5. The summed E-state index contributed by atoms with van der Waals surface area (Å²) in [5.74, 6) is -0.0471. The van der Waals surface area contributed by atoms with Gasteiger partial charge in [-0.3, -0.25) is 4.79 Å². The molecule has 0 aliphatic carbocycles. The second-order valence-corrected chi connectivity index (χ2v) is 7.21. The average molecular weight is 375 g/mol. The Hall–Kier alpha value is -3.28. The third-order valence-electron chi connectivity index (χ3n) is 5.27. The summed E-state index contributed by atoms with van der Waals surface area (Å²) < 4.78 is 1.86. The van der Waals surface area contributed by atoms with Gasteiger partial charge in [0.25, 0.3) is 0 Å². The molecule has 1 amide bonds. The van der Waals surface area contributed by atoms with Crippen molar-refractivity contribution in [3.8, 4) is 5.69 Å². The van der Waals surface area contributed by atoms with E-state index in [0.29, 0.717) is 6.54 Å². The van der Waals surface area contributed by atoms with Gasteiger partial charge in [-0.1, -0.05) is 24.3 Å². The Balaban J connectivity index is 1.53. The number of nitrogen functional groups attached to an aromatic ring is 1. The van der Waals surface area contributed by atoms with E-state index in [4.69, 9.17) is 5.73 Å². The molecule has 0 radical (unpaired) electrons. The third-order valence-corrected chi connectivity index (χ3v) is 5.27. The van der Waals surface area contributed by atoms with Gasteiger partial charge in [0.2, 0.25) is 5.91 Å². The summed E-state index contributed by atoms with van der Waals surface area (Å²) in [6.45, 7) is 5.04. The number of anilines is 3. The molecule has 144 valence electrons. The molecule has 28 heavy (non-hydrogen) atoms. The molecule has 0 saturated heterocycles. The van der Waals surface area contributed by atoms with Crippen molar-refractivity contribution >= 4 is 23.0 Å². The van der Waals surface area contributed by atoms with E-state index in [9.17, 15) is 4.79 Å². The van der Waals surface area contributed by atoms with Crippen molar-refractivity contribution in [3.63, 3.8) is 0 Å². The molecule has 0 saturated carbocycles. The Bertz CT molecular complexity index is 1010. The van der Waals surface area contributed by atoms with Gasteiger partial charge in [0.05, 0.1) is 29.3 Å². The monoisotopic (exact) mass is 375 g/mol. The Labute approximate surface area is 165 Å². The first-order valence-corrected chi connectivity index (χ1v) is 9.58. The summed E-state index contributed by atoms with van der Waals surface area (Å²) >= 11 is 0. The van der Waals surface area contributed by atoms with E-state index >= 15 is 0 Å². The van der Waals surface area contributed by atoms with Crippen molar-refractivity contribution in [1.82, 2.24) is 9.78 Å². The van der Waals surface area contributed by atoms with Gasteiger partial charge in [-0.15, -0.1) is 0 Å². The van der Waals surface area contributed by atoms with Crippen LogP contribution < -0.4 is 16.0 Å². The van der Waals surface area contributed by atoms with Crippen LogP contribution in [-0.4, -0.2) is 28.8 Å². The number of carbonyl (C=O) groups is 1. The molecule has 2 heterocycles. The zero-order valence-electron chi connectivity index (χ0n) is 16.3. The number of para-hydroxylation sites is 1.